The van der Waals surface area contributed by atoms with Gasteiger partial charge in [0.2, 0.25) is 0 Å². The third kappa shape index (κ3) is 3.02. The maximum absolute atomic E-state index is 12.1. The van der Waals surface area contributed by atoms with E-state index in [9.17, 15) is 9.90 Å². The van der Waals surface area contributed by atoms with Crippen LogP contribution in [0.4, 0.5) is 5.69 Å². The van der Waals surface area contributed by atoms with Crippen LogP contribution >= 0.6 is 23.1 Å². The van der Waals surface area contributed by atoms with Crippen LogP contribution in [0.5, 0.6) is 5.75 Å². The van der Waals surface area contributed by atoms with Gasteiger partial charge in [0, 0.05) is 6.07 Å². The van der Waals surface area contributed by atoms with Crippen molar-refractivity contribution in [2.45, 2.75) is 19.8 Å². The Balaban J connectivity index is 2.23. The fourth-order valence-corrected chi connectivity index (χ4v) is 2.45. The molecule has 2 rings (SSSR count). The van der Waals surface area contributed by atoms with Gasteiger partial charge in [-0.05, 0) is 29.6 Å². The van der Waals surface area contributed by atoms with Gasteiger partial charge in [-0.1, -0.05) is 29.9 Å². The summed E-state index contributed by atoms with van der Waals surface area (Å²) in [5.74, 6) is -0.133. The number of nitrogens with zero attached hydrogens (tertiary/aromatic N) is 2. The van der Waals surface area contributed by atoms with Crippen LogP contribution in [0.25, 0.3) is 0 Å². The molecule has 0 radical (unpaired) electrons. The van der Waals surface area contributed by atoms with Crippen LogP contribution in [-0.2, 0) is 0 Å². The van der Waals surface area contributed by atoms with Crippen molar-refractivity contribution in [3.05, 3.63) is 33.8 Å². The molecule has 0 aliphatic carbocycles. The van der Waals surface area contributed by atoms with E-state index in [2.05, 4.69) is 14.9 Å². The highest BCUT2D eigenvalue weighted by atomic mass is 35.5. The standard InChI is InChI=1S/C12H12ClN3O2S/c1-6(2)10-11(19-16-15-10)12(18)14-9-4-3-7(17)5-8(9)13/h3-6,17H,1-2H3,(H,14,18). The molecule has 1 amide bonds. The lowest BCUT2D eigenvalue weighted by molar-refractivity contribution is 0.102. The van der Waals surface area contributed by atoms with E-state index in [4.69, 9.17) is 11.6 Å². The first-order valence-electron chi connectivity index (χ1n) is 5.61. The SMILES string of the molecule is CC(C)c1nnsc1C(=O)Nc1ccc(O)cc1Cl. The Morgan fingerprint density at radius 2 is 2.21 bits per heavy atom. The summed E-state index contributed by atoms with van der Waals surface area (Å²) in [6, 6.07) is 4.36. The van der Waals surface area contributed by atoms with E-state index in [1.807, 2.05) is 13.8 Å². The van der Waals surface area contributed by atoms with E-state index >= 15 is 0 Å². The summed E-state index contributed by atoms with van der Waals surface area (Å²) in [6.07, 6.45) is 0. The second-order valence-corrected chi connectivity index (χ2v) is 5.42. The highest BCUT2D eigenvalue weighted by molar-refractivity contribution is 7.08. The lowest BCUT2D eigenvalue weighted by atomic mass is 10.1. The molecule has 2 aromatic rings. The second kappa shape index (κ2) is 5.54. The fraction of sp³-hybridized carbons (Fsp3) is 0.250. The zero-order valence-electron chi connectivity index (χ0n) is 10.3. The number of aromatic nitrogens is 2. The van der Waals surface area contributed by atoms with Crippen molar-refractivity contribution in [1.82, 2.24) is 9.59 Å². The number of hydrogen-bond donors (Lipinski definition) is 2. The molecule has 0 aliphatic heterocycles. The van der Waals surface area contributed by atoms with Gasteiger partial charge in [-0.2, -0.15) is 0 Å². The number of amides is 1. The third-order valence-electron chi connectivity index (χ3n) is 2.47. The van der Waals surface area contributed by atoms with Crippen molar-refractivity contribution in [2.24, 2.45) is 0 Å². The van der Waals surface area contributed by atoms with E-state index in [0.29, 0.717) is 16.3 Å². The number of phenols is 1. The van der Waals surface area contributed by atoms with Crippen molar-refractivity contribution in [3.8, 4) is 5.75 Å². The lowest BCUT2D eigenvalue weighted by Crippen LogP contribution is -2.13. The number of anilines is 1. The molecule has 19 heavy (non-hydrogen) atoms. The number of nitrogens with one attached hydrogen (secondary N) is 1. The Bertz CT molecular complexity index is 613. The Morgan fingerprint density at radius 3 is 2.84 bits per heavy atom. The fourth-order valence-electron chi connectivity index (χ4n) is 1.52. The predicted octanol–water partition coefficient (Wildman–Crippen LogP) is 3.27. The van der Waals surface area contributed by atoms with Gasteiger partial charge in [0.15, 0.2) is 0 Å². The number of hydrogen-bond acceptors (Lipinski definition) is 5. The summed E-state index contributed by atoms with van der Waals surface area (Å²) in [5.41, 5.74) is 1.10. The van der Waals surface area contributed by atoms with Gasteiger partial charge in [0.1, 0.15) is 10.6 Å². The third-order valence-corrected chi connectivity index (χ3v) is 3.52. The minimum Gasteiger partial charge on any atom is -0.508 e. The molecule has 0 fully saturated rings. The molecule has 1 heterocycles. The Morgan fingerprint density at radius 1 is 1.47 bits per heavy atom. The zero-order valence-corrected chi connectivity index (χ0v) is 11.9. The van der Waals surface area contributed by atoms with Crippen molar-refractivity contribution in [3.63, 3.8) is 0 Å². The maximum atomic E-state index is 12.1. The lowest BCUT2D eigenvalue weighted by Gasteiger charge is -2.08. The van der Waals surface area contributed by atoms with Gasteiger partial charge in [0.25, 0.3) is 5.91 Å². The molecule has 0 saturated heterocycles. The molecule has 0 saturated carbocycles. The van der Waals surface area contributed by atoms with Crippen LogP contribution in [0.2, 0.25) is 5.02 Å². The zero-order chi connectivity index (χ0) is 14.0. The summed E-state index contributed by atoms with van der Waals surface area (Å²) in [4.78, 5) is 12.6. The number of phenolic OH excluding ortho intramolecular Hbond substituents is 1. The second-order valence-electron chi connectivity index (χ2n) is 4.26. The number of benzene rings is 1. The summed E-state index contributed by atoms with van der Waals surface area (Å²) in [7, 11) is 0. The molecule has 1 aromatic carbocycles. The van der Waals surface area contributed by atoms with Gasteiger partial charge in [-0.15, -0.1) is 5.10 Å². The highest BCUT2D eigenvalue weighted by Crippen LogP contribution is 2.27. The molecule has 0 spiro atoms. The highest BCUT2D eigenvalue weighted by Gasteiger charge is 2.19. The normalized spacial score (nSPS) is 10.7. The first-order valence-corrected chi connectivity index (χ1v) is 6.76. The Labute approximate surface area is 119 Å². The number of carbonyl (C=O) groups is 1. The molecule has 5 nitrogen and oxygen atoms in total. The van der Waals surface area contributed by atoms with E-state index in [1.54, 1.807) is 6.07 Å². The average Bonchev–Trinajstić information content (AvgIpc) is 2.82. The van der Waals surface area contributed by atoms with E-state index < -0.39 is 0 Å². The summed E-state index contributed by atoms with van der Waals surface area (Å²) in [6.45, 7) is 3.89. The summed E-state index contributed by atoms with van der Waals surface area (Å²) >= 11 is 6.98. The smallest absolute Gasteiger partial charge is 0.269 e. The van der Waals surface area contributed by atoms with Crippen LogP contribution in [0.15, 0.2) is 18.2 Å². The van der Waals surface area contributed by atoms with E-state index in [0.717, 1.165) is 11.5 Å². The quantitative estimate of drug-likeness (QED) is 0.853. The van der Waals surface area contributed by atoms with Gasteiger partial charge in [-0.3, -0.25) is 4.79 Å². The van der Waals surface area contributed by atoms with Crippen molar-refractivity contribution in [2.75, 3.05) is 5.32 Å². The van der Waals surface area contributed by atoms with Crippen LogP contribution < -0.4 is 5.32 Å². The average molecular weight is 298 g/mol. The summed E-state index contributed by atoms with van der Waals surface area (Å²) < 4.78 is 3.80. The number of halogens is 1. The molecule has 0 atom stereocenters. The molecular formula is C12H12ClN3O2S. The maximum Gasteiger partial charge on any atom is 0.269 e. The van der Waals surface area contributed by atoms with Crippen LogP contribution in [0, 0.1) is 0 Å². The topological polar surface area (TPSA) is 75.1 Å². The van der Waals surface area contributed by atoms with Crippen molar-refractivity contribution < 1.29 is 9.90 Å². The van der Waals surface area contributed by atoms with Crippen molar-refractivity contribution in [1.29, 1.82) is 0 Å². The van der Waals surface area contributed by atoms with Crippen LogP contribution in [0.3, 0.4) is 0 Å². The Hall–Kier alpha value is -1.66. The minimum absolute atomic E-state index is 0.0466. The summed E-state index contributed by atoms with van der Waals surface area (Å²) in [5, 5.41) is 16.2. The predicted molar refractivity (Wildman–Crippen MR) is 75.1 cm³/mol. The molecule has 2 N–H and O–H groups in total. The molecule has 1 aromatic heterocycles. The van der Waals surface area contributed by atoms with Crippen LogP contribution in [0.1, 0.15) is 35.1 Å². The van der Waals surface area contributed by atoms with Gasteiger partial charge in [-0.25, -0.2) is 0 Å². The van der Waals surface area contributed by atoms with Crippen LogP contribution in [-0.4, -0.2) is 20.6 Å². The van der Waals surface area contributed by atoms with Gasteiger partial charge < -0.3 is 10.4 Å². The number of rotatable bonds is 3. The van der Waals surface area contributed by atoms with E-state index in [-0.39, 0.29) is 22.6 Å². The minimum atomic E-state index is -0.300. The molecule has 100 valence electrons. The number of aromatic hydroxyl groups is 1. The molecule has 0 aliphatic rings. The first-order chi connectivity index (χ1) is 8.99. The molecule has 0 bridgehead atoms. The van der Waals surface area contributed by atoms with Gasteiger partial charge >= 0.3 is 0 Å². The monoisotopic (exact) mass is 297 g/mol. The Kier molecular flexibility index (Phi) is 4.01. The van der Waals surface area contributed by atoms with E-state index in [1.165, 1.54) is 12.1 Å². The van der Waals surface area contributed by atoms with Crippen molar-refractivity contribution >= 4 is 34.7 Å². The number of carbonyl (C=O) groups excluding carboxylic acids is 1. The van der Waals surface area contributed by atoms with Gasteiger partial charge in [0.05, 0.1) is 16.4 Å². The molecule has 0 unspecified atom stereocenters. The first kappa shape index (κ1) is 13.8. The molecule has 7 heteroatoms. The largest absolute Gasteiger partial charge is 0.508 e. The molecular weight excluding hydrogens is 286 g/mol.